The fourth-order valence-electron chi connectivity index (χ4n) is 4.30. The largest absolute Gasteiger partial charge is 0.507 e. The van der Waals surface area contributed by atoms with Gasteiger partial charge in [0.2, 0.25) is 11.2 Å². The molecule has 5 rings (SSSR count). The van der Waals surface area contributed by atoms with Crippen molar-refractivity contribution in [3.05, 3.63) is 82.5 Å². The zero-order valence-electron chi connectivity index (χ0n) is 18.7. The zero-order valence-corrected chi connectivity index (χ0v) is 18.7. The molecule has 1 atom stereocenters. The van der Waals surface area contributed by atoms with E-state index >= 15 is 0 Å². The molecule has 0 saturated heterocycles. The summed E-state index contributed by atoms with van der Waals surface area (Å²) >= 11 is 0. The molecule has 0 radical (unpaired) electrons. The second-order valence-electron chi connectivity index (χ2n) is 8.23. The van der Waals surface area contributed by atoms with Gasteiger partial charge in [-0.05, 0) is 35.9 Å². The SMILES string of the molecule is C=CCOc1cccc(C2CC(=O)Oc3cc(O)c4c(=O)c(O)c(-c5ccc(O)c(O)c5)oc4c32)c1. The van der Waals surface area contributed by atoms with Gasteiger partial charge >= 0.3 is 5.97 Å². The first kappa shape index (κ1) is 22.9. The Balaban J connectivity index is 1.79. The average molecular weight is 488 g/mol. The minimum absolute atomic E-state index is 0.00649. The summed E-state index contributed by atoms with van der Waals surface area (Å²) in [6.07, 6.45) is 1.51. The Morgan fingerprint density at radius 2 is 1.81 bits per heavy atom. The van der Waals surface area contributed by atoms with E-state index in [0.717, 1.165) is 12.1 Å². The summed E-state index contributed by atoms with van der Waals surface area (Å²) in [6.45, 7) is 3.91. The molecule has 4 N–H and O–H groups in total. The van der Waals surface area contributed by atoms with Crippen molar-refractivity contribution < 1.29 is 39.1 Å². The van der Waals surface area contributed by atoms with Crippen LogP contribution in [0.5, 0.6) is 34.5 Å². The number of aromatic hydroxyl groups is 4. The highest BCUT2D eigenvalue weighted by Crippen LogP contribution is 2.47. The molecule has 4 aromatic rings. The standard InChI is InChI=1S/C27H20O9/c1-2-8-34-15-5-3-4-13(9-15)16-11-21(31)35-20-12-19(30)23-24(32)25(33)26(36-27(23)22(16)20)14-6-7-17(28)18(29)10-14/h2-7,9-10,12,16,28-30,33H,1,8,11H2. The molecule has 9 heteroatoms. The van der Waals surface area contributed by atoms with Crippen molar-refractivity contribution in [2.24, 2.45) is 0 Å². The number of carbonyl (C=O) groups is 1. The summed E-state index contributed by atoms with van der Waals surface area (Å²) in [6, 6.07) is 11.8. The third-order valence-corrected chi connectivity index (χ3v) is 5.93. The van der Waals surface area contributed by atoms with Crippen LogP contribution in [0.3, 0.4) is 0 Å². The lowest BCUT2D eigenvalue weighted by atomic mass is 9.85. The molecule has 36 heavy (non-hydrogen) atoms. The van der Waals surface area contributed by atoms with Gasteiger partial charge in [-0.1, -0.05) is 24.8 Å². The van der Waals surface area contributed by atoms with Crippen molar-refractivity contribution in [3.63, 3.8) is 0 Å². The number of hydrogen-bond acceptors (Lipinski definition) is 9. The minimum atomic E-state index is -0.919. The van der Waals surface area contributed by atoms with Crippen molar-refractivity contribution in [1.29, 1.82) is 0 Å². The first-order valence-corrected chi connectivity index (χ1v) is 10.9. The van der Waals surface area contributed by atoms with Crippen molar-refractivity contribution in [1.82, 2.24) is 0 Å². The number of fused-ring (bicyclic) bond motifs is 3. The smallest absolute Gasteiger partial charge is 0.312 e. The van der Waals surface area contributed by atoms with Gasteiger partial charge in [0, 0.05) is 23.1 Å². The van der Waals surface area contributed by atoms with E-state index in [1.807, 2.05) is 0 Å². The average Bonchev–Trinajstić information content (AvgIpc) is 2.85. The Kier molecular flexibility index (Phi) is 5.52. The Hall–Kier alpha value is -4.92. The molecule has 0 fully saturated rings. The predicted molar refractivity (Wildman–Crippen MR) is 129 cm³/mol. The number of phenols is 3. The van der Waals surface area contributed by atoms with E-state index in [1.165, 1.54) is 12.1 Å². The van der Waals surface area contributed by atoms with Crippen LogP contribution in [0, 0.1) is 0 Å². The normalized spacial score (nSPS) is 14.8. The number of benzene rings is 3. The monoisotopic (exact) mass is 488 g/mol. The predicted octanol–water partition coefficient (Wildman–Crippen LogP) is 4.29. The van der Waals surface area contributed by atoms with Gasteiger partial charge in [-0.25, -0.2) is 0 Å². The molecular formula is C27H20O9. The van der Waals surface area contributed by atoms with Crippen LogP contribution in [-0.2, 0) is 4.79 Å². The molecule has 0 spiro atoms. The third kappa shape index (κ3) is 3.76. The lowest BCUT2D eigenvalue weighted by Crippen LogP contribution is -2.22. The summed E-state index contributed by atoms with van der Waals surface area (Å²) in [4.78, 5) is 25.6. The second kappa shape index (κ2) is 8.70. The molecule has 1 aromatic heterocycles. The van der Waals surface area contributed by atoms with Crippen LogP contribution in [0.4, 0.5) is 0 Å². The topological polar surface area (TPSA) is 147 Å². The second-order valence-corrected chi connectivity index (χ2v) is 8.23. The molecule has 1 aliphatic heterocycles. The molecule has 1 aliphatic rings. The highest BCUT2D eigenvalue weighted by molar-refractivity contribution is 5.94. The number of phenolic OH excluding ortho intramolecular Hbond substituents is 3. The van der Waals surface area contributed by atoms with Crippen LogP contribution >= 0.6 is 0 Å². The number of hydrogen-bond donors (Lipinski definition) is 4. The highest BCUT2D eigenvalue weighted by Gasteiger charge is 2.34. The lowest BCUT2D eigenvalue weighted by molar-refractivity contribution is -0.135. The van der Waals surface area contributed by atoms with Gasteiger partial charge in [-0.15, -0.1) is 0 Å². The number of esters is 1. The van der Waals surface area contributed by atoms with Crippen molar-refractivity contribution in [2.75, 3.05) is 6.61 Å². The van der Waals surface area contributed by atoms with E-state index in [-0.39, 0.29) is 41.1 Å². The molecule has 0 saturated carbocycles. The maximum atomic E-state index is 13.1. The van der Waals surface area contributed by atoms with Crippen LogP contribution in [0.15, 0.2) is 70.4 Å². The van der Waals surface area contributed by atoms with E-state index < -0.39 is 40.3 Å². The van der Waals surface area contributed by atoms with Crippen LogP contribution in [0.2, 0.25) is 0 Å². The van der Waals surface area contributed by atoms with E-state index in [2.05, 4.69) is 6.58 Å². The summed E-state index contributed by atoms with van der Waals surface area (Å²) in [7, 11) is 0. The Labute approximate surface area is 203 Å². The van der Waals surface area contributed by atoms with Gasteiger partial charge in [0.05, 0.1) is 6.42 Å². The lowest BCUT2D eigenvalue weighted by Gasteiger charge is -2.26. The van der Waals surface area contributed by atoms with E-state index in [9.17, 15) is 30.0 Å². The summed E-state index contributed by atoms with van der Waals surface area (Å²) < 4.78 is 17.0. The highest BCUT2D eigenvalue weighted by atomic mass is 16.5. The molecule has 9 nitrogen and oxygen atoms in total. The van der Waals surface area contributed by atoms with E-state index in [1.54, 1.807) is 30.3 Å². The van der Waals surface area contributed by atoms with Gasteiger partial charge in [0.25, 0.3) is 0 Å². The first-order valence-electron chi connectivity index (χ1n) is 10.9. The van der Waals surface area contributed by atoms with Crippen LogP contribution in [0.1, 0.15) is 23.5 Å². The maximum Gasteiger partial charge on any atom is 0.312 e. The van der Waals surface area contributed by atoms with Gasteiger partial charge < -0.3 is 34.3 Å². The number of ether oxygens (including phenoxy) is 2. The van der Waals surface area contributed by atoms with Crippen molar-refractivity contribution in [2.45, 2.75) is 12.3 Å². The maximum absolute atomic E-state index is 13.1. The van der Waals surface area contributed by atoms with Gasteiger partial charge in [0.15, 0.2) is 17.3 Å². The van der Waals surface area contributed by atoms with Gasteiger partial charge in [-0.3, -0.25) is 9.59 Å². The third-order valence-electron chi connectivity index (χ3n) is 5.93. The Morgan fingerprint density at radius 3 is 2.56 bits per heavy atom. The number of rotatable bonds is 5. The molecule has 2 heterocycles. The molecule has 0 amide bonds. The molecule has 1 unspecified atom stereocenters. The molecule has 3 aromatic carbocycles. The number of carbonyl (C=O) groups excluding carboxylic acids is 1. The van der Waals surface area contributed by atoms with Crippen LogP contribution < -0.4 is 14.9 Å². The molecular weight excluding hydrogens is 468 g/mol. The van der Waals surface area contributed by atoms with Crippen LogP contribution in [-0.4, -0.2) is 33.0 Å². The van der Waals surface area contributed by atoms with Gasteiger partial charge in [-0.2, -0.15) is 0 Å². The Bertz CT molecular complexity index is 1600. The van der Waals surface area contributed by atoms with Crippen LogP contribution in [0.25, 0.3) is 22.3 Å². The fraction of sp³-hybridized carbons (Fsp3) is 0.111. The van der Waals surface area contributed by atoms with Crippen molar-refractivity contribution in [3.8, 4) is 45.8 Å². The fourth-order valence-corrected chi connectivity index (χ4v) is 4.30. The van der Waals surface area contributed by atoms with Crippen molar-refractivity contribution >= 4 is 16.9 Å². The molecule has 0 bridgehead atoms. The summed E-state index contributed by atoms with van der Waals surface area (Å²) in [5.74, 6) is -3.16. The summed E-state index contributed by atoms with van der Waals surface area (Å²) in [5, 5.41) is 40.5. The molecule has 182 valence electrons. The first-order chi connectivity index (χ1) is 17.3. The van der Waals surface area contributed by atoms with E-state index in [0.29, 0.717) is 16.9 Å². The van der Waals surface area contributed by atoms with Gasteiger partial charge in [0.1, 0.15) is 34.8 Å². The Morgan fingerprint density at radius 1 is 1.00 bits per heavy atom. The minimum Gasteiger partial charge on any atom is -0.507 e. The molecule has 0 aliphatic carbocycles. The van der Waals surface area contributed by atoms with E-state index in [4.69, 9.17) is 13.9 Å². The zero-order chi connectivity index (χ0) is 25.6. The summed E-state index contributed by atoms with van der Waals surface area (Å²) in [5.41, 5.74) is 0.0804. The quantitative estimate of drug-likeness (QED) is 0.140.